The molecule has 0 aliphatic carbocycles. The normalized spacial score (nSPS) is 23.9. The van der Waals surface area contributed by atoms with E-state index in [2.05, 4.69) is 10.6 Å². The number of aliphatic hydroxyl groups excluding tert-OH is 1. The highest BCUT2D eigenvalue weighted by molar-refractivity contribution is 5.82. The van der Waals surface area contributed by atoms with Gasteiger partial charge in [0.05, 0.1) is 12.1 Å². The van der Waals surface area contributed by atoms with Crippen LogP contribution in [-0.4, -0.2) is 36.2 Å². The Kier molecular flexibility index (Phi) is 4.11. The van der Waals surface area contributed by atoms with Gasteiger partial charge in [0.25, 0.3) is 0 Å². The van der Waals surface area contributed by atoms with Crippen molar-refractivity contribution in [1.29, 1.82) is 0 Å². The molecule has 0 spiro atoms. The molecule has 3 N–H and O–H groups in total. The lowest BCUT2D eigenvalue weighted by molar-refractivity contribution is -0.123. The van der Waals surface area contributed by atoms with Gasteiger partial charge in [-0.2, -0.15) is 0 Å². The number of carbonyl (C=O) groups excluding carboxylic acids is 1. The minimum atomic E-state index is -0.497. The Labute approximate surface area is 91.4 Å². The highest BCUT2D eigenvalue weighted by Gasteiger charge is 2.25. The molecular weight excluding hydrogens is 192 g/mol. The van der Waals surface area contributed by atoms with Gasteiger partial charge in [0.2, 0.25) is 5.91 Å². The molecule has 0 aromatic carbocycles. The van der Waals surface area contributed by atoms with E-state index in [9.17, 15) is 9.90 Å². The quantitative estimate of drug-likeness (QED) is 0.631. The Morgan fingerprint density at radius 1 is 1.60 bits per heavy atom. The third-order valence-electron chi connectivity index (χ3n) is 2.85. The average Bonchev–Trinajstić information content (AvgIpc) is 2.64. The van der Waals surface area contributed by atoms with Crippen LogP contribution in [0.5, 0.6) is 0 Å². The van der Waals surface area contributed by atoms with Gasteiger partial charge in [-0.3, -0.25) is 4.79 Å². The van der Waals surface area contributed by atoms with E-state index in [4.69, 9.17) is 0 Å². The van der Waals surface area contributed by atoms with E-state index in [1.54, 1.807) is 0 Å². The lowest BCUT2D eigenvalue weighted by Gasteiger charge is -2.26. The molecule has 1 aliphatic rings. The standard InChI is InChI=1S/C11H22N2O2/c1-11(2,3)9(14)7-13-10(15)8-5-4-6-12-8/h8-9,12,14H,4-7H2,1-3H3,(H,13,15). The summed E-state index contributed by atoms with van der Waals surface area (Å²) in [7, 11) is 0. The van der Waals surface area contributed by atoms with Crippen LogP contribution in [-0.2, 0) is 4.79 Å². The van der Waals surface area contributed by atoms with Crippen LogP contribution in [0.25, 0.3) is 0 Å². The largest absolute Gasteiger partial charge is 0.391 e. The third kappa shape index (κ3) is 3.80. The van der Waals surface area contributed by atoms with Crippen molar-refractivity contribution < 1.29 is 9.90 Å². The molecule has 1 fully saturated rings. The SMILES string of the molecule is CC(C)(C)C(O)CNC(=O)C1CCCN1. The van der Waals surface area contributed by atoms with E-state index < -0.39 is 6.10 Å². The van der Waals surface area contributed by atoms with Gasteiger partial charge >= 0.3 is 0 Å². The van der Waals surface area contributed by atoms with Crippen LogP contribution in [0.15, 0.2) is 0 Å². The van der Waals surface area contributed by atoms with Gasteiger partial charge in [-0.05, 0) is 24.8 Å². The molecule has 2 atom stereocenters. The molecule has 1 amide bonds. The minimum absolute atomic E-state index is 0.0100. The zero-order valence-electron chi connectivity index (χ0n) is 9.84. The fraction of sp³-hybridized carbons (Fsp3) is 0.909. The highest BCUT2D eigenvalue weighted by Crippen LogP contribution is 2.18. The zero-order valence-corrected chi connectivity index (χ0v) is 9.84. The number of hydrogen-bond acceptors (Lipinski definition) is 3. The summed E-state index contributed by atoms with van der Waals surface area (Å²) >= 11 is 0. The van der Waals surface area contributed by atoms with Crippen LogP contribution in [0.1, 0.15) is 33.6 Å². The molecule has 4 nitrogen and oxygen atoms in total. The molecule has 1 saturated heterocycles. The zero-order chi connectivity index (χ0) is 11.5. The molecule has 4 heteroatoms. The Morgan fingerprint density at radius 3 is 2.73 bits per heavy atom. The van der Waals surface area contributed by atoms with Gasteiger partial charge in [-0.1, -0.05) is 20.8 Å². The summed E-state index contributed by atoms with van der Waals surface area (Å²) in [6.45, 7) is 7.12. The smallest absolute Gasteiger partial charge is 0.237 e. The lowest BCUT2D eigenvalue weighted by atomic mass is 9.89. The molecule has 15 heavy (non-hydrogen) atoms. The maximum Gasteiger partial charge on any atom is 0.237 e. The van der Waals surface area contributed by atoms with E-state index in [0.29, 0.717) is 6.54 Å². The average molecular weight is 214 g/mol. The summed E-state index contributed by atoms with van der Waals surface area (Å²) in [4.78, 5) is 11.6. The molecule has 1 heterocycles. The van der Waals surface area contributed by atoms with Gasteiger partial charge in [-0.25, -0.2) is 0 Å². The van der Waals surface area contributed by atoms with Crippen LogP contribution in [0, 0.1) is 5.41 Å². The number of aliphatic hydroxyl groups is 1. The predicted molar refractivity (Wildman–Crippen MR) is 59.5 cm³/mol. The molecule has 1 aliphatic heterocycles. The number of nitrogens with one attached hydrogen (secondary N) is 2. The van der Waals surface area contributed by atoms with Crippen molar-refractivity contribution in [2.24, 2.45) is 5.41 Å². The predicted octanol–water partition coefficient (Wildman–Crippen LogP) is 0.262. The number of rotatable bonds is 3. The molecule has 88 valence electrons. The van der Waals surface area contributed by atoms with E-state index in [0.717, 1.165) is 19.4 Å². The lowest BCUT2D eigenvalue weighted by Crippen LogP contribution is -2.45. The van der Waals surface area contributed by atoms with Crippen molar-refractivity contribution in [2.75, 3.05) is 13.1 Å². The summed E-state index contributed by atoms with van der Waals surface area (Å²) in [5.74, 6) is 0.0100. The minimum Gasteiger partial charge on any atom is -0.391 e. The summed E-state index contributed by atoms with van der Waals surface area (Å²) in [5, 5.41) is 15.6. The number of amides is 1. The van der Waals surface area contributed by atoms with Gasteiger partial charge in [0.1, 0.15) is 0 Å². The van der Waals surface area contributed by atoms with E-state index in [1.807, 2.05) is 20.8 Å². The third-order valence-corrected chi connectivity index (χ3v) is 2.85. The second-order valence-corrected chi connectivity index (χ2v) is 5.28. The van der Waals surface area contributed by atoms with Crippen molar-refractivity contribution >= 4 is 5.91 Å². The monoisotopic (exact) mass is 214 g/mol. The van der Waals surface area contributed by atoms with Gasteiger partial charge < -0.3 is 15.7 Å². The second-order valence-electron chi connectivity index (χ2n) is 5.28. The number of hydrogen-bond donors (Lipinski definition) is 3. The Bertz CT molecular complexity index is 217. The first-order valence-corrected chi connectivity index (χ1v) is 5.60. The van der Waals surface area contributed by atoms with Crippen LogP contribution in [0.4, 0.5) is 0 Å². The molecule has 0 aromatic rings. The maximum atomic E-state index is 11.6. The summed E-state index contributed by atoms with van der Waals surface area (Å²) < 4.78 is 0. The van der Waals surface area contributed by atoms with Gasteiger partial charge in [-0.15, -0.1) is 0 Å². The van der Waals surface area contributed by atoms with Crippen molar-refractivity contribution in [1.82, 2.24) is 10.6 Å². The number of carbonyl (C=O) groups is 1. The maximum absolute atomic E-state index is 11.6. The van der Waals surface area contributed by atoms with E-state index in [1.165, 1.54) is 0 Å². The first-order chi connectivity index (χ1) is 6.91. The highest BCUT2D eigenvalue weighted by atomic mass is 16.3. The van der Waals surface area contributed by atoms with Crippen LogP contribution < -0.4 is 10.6 Å². The summed E-state index contributed by atoms with van der Waals surface area (Å²) in [6.07, 6.45) is 1.46. The molecule has 2 unspecified atom stereocenters. The molecule has 0 aromatic heterocycles. The van der Waals surface area contributed by atoms with Crippen LogP contribution >= 0.6 is 0 Å². The summed E-state index contributed by atoms with van der Waals surface area (Å²) in [6, 6.07) is -0.0582. The van der Waals surface area contributed by atoms with Gasteiger partial charge in [0, 0.05) is 6.54 Å². The van der Waals surface area contributed by atoms with Crippen LogP contribution in [0.3, 0.4) is 0 Å². The van der Waals surface area contributed by atoms with Crippen molar-refractivity contribution in [3.63, 3.8) is 0 Å². The van der Waals surface area contributed by atoms with Gasteiger partial charge in [0.15, 0.2) is 0 Å². The molecular formula is C11H22N2O2. The Morgan fingerprint density at radius 2 is 2.27 bits per heavy atom. The fourth-order valence-electron chi connectivity index (χ4n) is 1.53. The summed E-state index contributed by atoms with van der Waals surface area (Å²) in [5.41, 5.74) is -0.184. The first-order valence-electron chi connectivity index (χ1n) is 5.60. The Balaban J connectivity index is 2.27. The molecule has 0 saturated carbocycles. The first kappa shape index (κ1) is 12.5. The fourth-order valence-corrected chi connectivity index (χ4v) is 1.53. The molecule has 1 rings (SSSR count). The topological polar surface area (TPSA) is 61.4 Å². The second kappa shape index (κ2) is 4.94. The van der Waals surface area contributed by atoms with E-state index >= 15 is 0 Å². The molecule has 0 bridgehead atoms. The van der Waals surface area contributed by atoms with Crippen molar-refractivity contribution in [2.45, 2.75) is 45.8 Å². The van der Waals surface area contributed by atoms with Crippen LogP contribution in [0.2, 0.25) is 0 Å². The Hall–Kier alpha value is -0.610. The van der Waals surface area contributed by atoms with Crippen molar-refractivity contribution in [3.05, 3.63) is 0 Å². The van der Waals surface area contributed by atoms with Crippen molar-refractivity contribution in [3.8, 4) is 0 Å². The molecule has 0 radical (unpaired) electrons. The van der Waals surface area contributed by atoms with E-state index in [-0.39, 0.29) is 17.4 Å².